The molecule has 0 N–H and O–H groups in total. The van der Waals surface area contributed by atoms with Gasteiger partial charge in [0.25, 0.3) is 0 Å². The fourth-order valence-electron chi connectivity index (χ4n) is 2.87. The van der Waals surface area contributed by atoms with Crippen molar-refractivity contribution in [3.8, 4) is 6.07 Å². The summed E-state index contributed by atoms with van der Waals surface area (Å²) in [4.78, 5) is 9.23. The highest BCUT2D eigenvalue weighted by molar-refractivity contribution is 7.99. The van der Waals surface area contributed by atoms with Gasteiger partial charge in [-0.2, -0.15) is 10.2 Å². The summed E-state index contributed by atoms with van der Waals surface area (Å²) in [6.07, 6.45) is 7.41. The van der Waals surface area contributed by atoms with E-state index >= 15 is 0 Å². The van der Waals surface area contributed by atoms with Crippen LogP contribution in [0.3, 0.4) is 0 Å². The van der Waals surface area contributed by atoms with Gasteiger partial charge in [0.1, 0.15) is 11.1 Å². The molecule has 3 rings (SSSR count). The van der Waals surface area contributed by atoms with Crippen LogP contribution in [0.1, 0.15) is 73.3 Å². The van der Waals surface area contributed by atoms with Crippen molar-refractivity contribution in [1.82, 2.24) is 15.1 Å². The van der Waals surface area contributed by atoms with Gasteiger partial charge in [-0.1, -0.05) is 30.3 Å². The number of unbranched alkanes of at least 4 members (excludes halogenated alkanes) is 1. The van der Waals surface area contributed by atoms with Gasteiger partial charge < -0.3 is 4.52 Å². The van der Waals surface area contributed by atoms with Crippen molar-refractivity contribution in [2.45, 2.75) is 69.1 Å². The van der Waals surface area contributed by atoms with Gasteiger partial charge in [0.05, 0.1) is 10.8 Å². The molecule has 0 aliphatic heterocycles. The van der Waals surface area contributed by atoms with Crippen LogP contribution < -0.4 is 0 Å². The molecule has 0 bridgehead atoms. The fourth-order valence-corrected chi connectivity index (χ4v) is 3.80. The molecule has 0 spiro atoms. The number of fused-ring (bicyclic) bond motifs is 1. The third-order valence-electron chi connectivity index (χ3n) is 4.26. The van der Waals surface area contributed by atoms with Crippen molar-refractivity contribution in [2.75, 3.05) is 0 Å². The number of nitrogens with zero attached hydrogens (tertiary/aromatic N) is 4. The largest absolute Gasteiger partial charge is 0.338 e. The second-order valence-electron chi connectivity index (χ2n) is 6.18. The van der Waals surface area contributed by atoms with E-state index in [2.05, 4.69) is 23.1 Å². The Kier molecular flexibility index (Phi) is 5.52. The molecular weight excluding hydrogens is 320 g/mol. The normalized spacial score (nSPS) is 14.9. The summed E-state index contributed by atoms with van der Waals surface area (Å²) in [7, 11) is 0. The Morgan fingerprint density at radius 3 is 2.96 bits per heavy atom. The van der Waals surface area contributed by atoms with Gasteiger partial charge in [-0.25, -0.2) is 4.98 Å². The number of hydrogen-bond donors (Lipinski definition) is 0. The van der Waals surface area contributed by atoms with Gasteiger partial charge in [-0.05, 0) is 50.7 Å². The SMILES string of the molecule is CCCCc1noc(C(C)Sc2nc3c(cc2C#N)CCCC3)n1. The Morgan fingerprint density at radius 2 is 2.17 bits per heavy atom. The predicted octanol–water partition coefficient (Wildman–Crippen LogP) is 4.41. The molecule has 1 aliphatic rings. The van der Waals surface area contributed by atoms with Crippen LogP contribution in [0.2, 0.25) is 0 Å². The quantitative estimate of drug-likeness (QED) is 0.724. The monoisotopic (exact) mass is 342 g/mol. The molecule has 1 aliphatic carbocycles. The zero-order valence-corrected chi connectivity index (χ0v) is 15.0. The predicted molar refractivity (Wildman–Crippen MR) is 92.8 cm³/mol. The van der Waals surface area contributed by atoms with E-state index in [1.54, 1.807) is 0 Å². The van der Waals surface area contributed by atoms with E-state index in [4.69, 9.17) is 9.51 Å². The molecule has 2 aromatic rings. The second kappa shape index (κ2) is 7.80. The highest BCUT2D eigenvalue weighted by atomic mass is 32.2. The highest BCUT2D eigenvalue weighted by Crippen LogP contribution is 2.36. The summed E-state index contributed by atoms with van der Waals surface area (Å²) in [5.74, 6) is 1.37. The maximum atomic E-state index is 9.45. The van der Waals surface area contributed by atoms with Crippen molar-refractivity contribution in [1.29, 1.82) is 5.26 Å². The average molecular weight is 342 g/mol. The van der Waals surface area contributed by atoms with Crippen LogP contribution in [0.4, 0.5) is 0 Å². The van der Waals surface area contributed by atoms with Crippen LogP contribution in [0.15, 0.2) is 15.6 Å². The lowest BCUT2D eigenvalue weighted by atomic mass is 9.95. The molecule has 1 unspecified atom stereocenters. The zero-order chi connectivity index (χ0) is 16.9. The smallest absolute Gasteiger partial charge is 0.239 e. The second-order valence-corrected chi connectivity index (χ2v) is 7.51. The molecule has 0 radical (unpaired) electrons. The number of thioether (sulfide) groups is 1. The van der Waals surface area contributed by atoms with Crippen LogP contribution in [0.5, 0.6) is 0 Å². The lowest BCUT2D eigenvalue weighted by molar-refractivity contribution is 0.374. The summed E-state index contributed by atoms with van der Waals surface area (Å²) >= 11 is 1.53. The third-order valence-corrected chi connectivity index (χ3v) is 5.35. The lowest BCUT2D eigenvalue weighted by Crippen LogP contribution is -2.07. The summed E-state index contributed by atoms with van der Waals surface area (Å²) in [6.45, 7) is 4.16. The van der Waals surface area contributed by atoms with E-state index in [1.807, 2.05) is 13.0 Å². The van der Waals surface area contributed by atoms with Crippen molar-refractivity contribution in [3.63, 3.8) is 0 Å². The van der Waals surface area contributed by atoms with E-state index in [-0.39, 0.29) is 5.25 Å². The van der Waals surface area contributed by atoms with Crippen molar-refractivity contribution >= 4 is 11.8 Å². The molecule has 0 aromatic carbocycles. The van der Waals surface area contributed by atoms with Crippen LogP contribution in [0, 0.1) is 11.3 Å². The van der Waals surface area contributed by atoms with E-state index in [0.717, 1.165) is 48.6 Å². The summed E-state index contributed by atoms with van der Waals surface area (Å²) in [5.41, 5.74) is 3.02. The number of aromatic nitrogens is 3. The van der Waals surface area contributed by atoms with E-state index in [9.17, 15) is 5.26 Å². The molecule has 1 atom stereocenters. The molecule has 24 heavy (non-hydrogen) atoms. The van der Waals surface area contributed by atoms with Crippen molar-refractivity contribution in [3.05, 3.63) is 34.6 Å². The molecule has 126 valence electrons. The average Bonchev–Trinajstić information content (AvgIpc) is 3.08. The Hall–Kier alpha value is -1.87. The van der Waals surface area contributed by atoms with Crippen LogP contribution in [0.25, 0.3) is 0 Å². The van der Waals surface area contributed by atoms with Gasteiger partial charge >= 0.3 is 0 Å². The summed E-state index contributed by atoms with van der Waals surface area (Å²) in [5, 5.41) is 14.3. The molecule has 2 heterocycles. The first-order valence-corrected chi connectivity index (χ1v) is 9.51. The minimum Gasteiger partial charge on any atom is -0.338 e. The molecule has 0 amide bonds. The first kappa shape index (κ1) is 17.0. The standard InChI is InChI=1S/C18H22N4OS/c1-3-4-9-16-21-17(23-22-16)12(2)24-18-14(11-19)10-13-7-5-6-8-15(13)20-18/h10,12H,3-9H2,1-2H3. The number of nitriles is 1. The van der Waals surface area contributed by atoms with Gasteiger partial charge in [-0.3, -0.25) is 0 Å². The van der Waals surface area contributed by atoms with Crippen LogP contribution in [-0.2, 0) is 19.3 Å². The summed E-state index contributed by atoms with van der Waals surface area (Å²) in [6, 6.07) is 4.30. The van der Waals surface area contributed by atoms with Crippen molar-refractivity contribution < 1.29 is 4.52 Å². The number of hydrogen-bond acceptors (Lipinski definition) is 6. The molecule has 2 aromatic heterocycles. The maximum absolute atomic E-state index is 9.45. The number of aryl methyl sites for hydroxylation is 3. The van der Waals surface area contributed by atoms with E-state index in [0.29, 0.717) is 11.5 Å². The number of rotatable bonds is 6. The molecular formula is C18H22N4OS. The molecule has 0 saturated carbocycles. The Bertz CT molecular complexity index is 750. The minimum atomic E-state index is -0.0193. The Morgan fingerprint density at radius 1 is 1.33 bits per heavy atom. The van der Waals surface area contributed by atoms with Crippen LogP contribution in [-0.4, -0.2) is 15.1 Å². The van der Waals surface area contributed by atoms with E-state index in [1.165, 1.54) is 30.2 Å². The van der Waals surface area contributed by atoms with E-state index < -0.39 is 0 Å². The zero-order valence-electron chi connectivity index (χ0n) is 14.2. The molecule has 0 fully saturated rings. The Balaban J connectivity index is 1.77. The first-order chi connectivity index (χ1) is 11.7. The molecule has 6 heteroatoms. The topological polar surface area (TPSA) is 75.6 Å². The minimum absolute atomic E-state index is 0.0193. The Labute approximate surface area is 146 Å². The van der Waals surface area contributed by atoms with Gasteiger partial charge in [0.15, 0.2) is 5.82 Å². The van der Waals surface area contributed by atoms with Gasteiger partial charge in [0.2, 0.25) is 5.89 Å². The number of pyridine rings is 1. The summed E-state index contributed by atoms with van der Waals surface area (Å²) < 4.78 is 5.39. The maximum Gasteiger partial charge on any atom is 0.239 e. The van der Waals surface area contributed by atoms with Gasteiger partial charge in [0, 0.05) is 12.1 Å². The third kappa shape index (κ3) is 3.78. The lowest BCUT2D eigenvalue weighted by Gasteiger charge is -2.17. The molecule has 0 saturated heterocycles. The molecule has 5 nitrogen and oxygen atoms in total. The highest BCUT2D eigenvalue weighted by Gasteiger charge is 2.21. The van der Waals surface area contributed by atoms with Gasteiger partial charge in [-0.15, -0.1) is 0 Å². The van der Waals surface area contributed by atoms with Crippen LogP contribution >= 0.6 is 11.8 Å². The first-order valence-electron chi connectivity index (χ1n) is 8.63. The van der Waals surface area contributed by atoms with Crippen molar-refractivity contribution in [2.24, 2.45) is 0 Å². The fraction of sp³-hybridized carbons (Fsp3) is 0.556.